The van der Waals surface area contributed by atoms with E-state index >= 15 is 0 Å². The Morgan fingerprint density at radius 2 is 2.10 bits per heavy atom. The minimum atomic E-state index is 0.694. The van der Waals surface area contributed by atoms with Crippen molar-refractivity contribution in [3.63, 3.8) is 0 Å². The monoisotopic (exact) mass is 276 g/mol. The van der Waals surface area contributed by atoms with Crippen LogP contribution in [0.15, 0.2) is 6.07 Å². The van der Waals surface area contributed by atoms with Crippen LogP contribution in [0.5, 0.6) is 0 Å². The van der Waals surface area contributed by atoms with Crippen molar-refractivity contribution in [2.75, 3.05) is 25.6 Å². The highest BCUT2D eigenvalue weighted by atomic mass is 15.3. The largest absolute Gasteiger partial charge is 0.308 e. The van der Waals surface area contributed by atoms with Gasteiger partial charge in [0, 0.05) is 36.9 Å². The number of likely N-dealkylation sites (tertiary alicyclic amines) is 1. The summed E-state index contributed by atoms with van der Waals surface area (Å²) in [6.07, 6.45) is 3.93. The maximum atomic E-state index is 5.45. The maximum Gasteiger partial charge on any atom is 0.145 e. The van der Waals surface area contributed by atoms with Crippen molar-refractivity contribution in [3.05, 3.63) is 17.6 Å². The number of nitrogen functional groups attached to an aromatic ring is 1. The van der Waals surface area contributed by atoms with Crippen LogP contribution in [0, 0.1) is 6.92 Å². The summed E-state index contributed by atoms with van der Waals surface area (Å²) in [5.74, 6) is 7.01. The number of rotatable bonds is 3. The number of aryl methyl sites for hydroxylation is 1. The molecule has 6 nitrogen and oxygen atoms in total. The molecule has 2 bridgehead atoms. The van der Waals surface area contributed by atoms with Gasteiger partial charge < -0.3 is 5.43 Å². The van der Waals surface area contributed by atoms with Crippen LogP contribution in [-0.4, -0.2) is 52.0 Å². The molecule has 3 N–H and O–H groups in total. The van der Waals surface area contributed by atoms with Crippen LogP contribution >= 0.6 is 0 Å². The van der Waals surface area contributed by atoms with Gasteiger partial charge in [0.15, 0.2) is 0 Å². The van der Waals surface area contributed by atoms with E-state index in [4.69, 9.17) is 5.84 Å². The maximum absolute atomic E-state index is 5.45. The number of hydrogen-bond donors (Lipinski definition) is 2. The van der Waals surface area contributed by atoms with Gasteiger partial charge in [-0.3, -0.25) is 9.80 Å². The van der Waals surface area contributed by atoms with Crippen molar-refractivity contribution in [1.29, 1.82) is 0 Å². The van der Waals surface area contributed by atoms with Crippen LogP contribution < -0.4 is 11.3 Å². The van der Waals surface area contributed by atoms with Crippen molar-refractivity contribution in [2.45, 2.75) is 44.8 Å². The van der Waals surface area contributed by atoms with Gasteiger partial charge in [0.1, 0.15) is 11.6 Å². The average molecular weight is 276 g/mol. The average Bonchev–Trinajstić information content (AvgIpc) is 2.66. The summed E-state index contributed by atoms with van der Waals surface area (Å²) in [6, 6.07) is 3.32. The van der Waals surface area contributed by atoms with Gasteiger partial charge in [-0.05, 0) is 33.2 Å². The molecule has 6 heteroatoms. The van der Waals surface area contributed by atoms with Gasteiger partial charge in [-0.25, -0.2) is 15.8 Å². The number of nitrogens with two attached hydrogens (primary N) is 1. The number of hydrogen-bond acceptors (Lipinski definition) is 6. The van der Waals surface area contributed by atoms with Crippen molar-refractivity contribution in [3.8, 4) is 0 Å². The van der Waals surface area contributed by atoms with Gasteiger partial charge in [-0.2, -0.15) is 0 Å². The highest BCUT2D eigenvalue weighted by Gasteiger charge is 2.34. The number of nitrogens with zero attached hydrogens (tertiary/aromatic N) is 4. The molecule has 0 saturated carbocycles. The number of nitrogens with one attached hydrogen (secondary N) is 1. The van der Waals surface area contributed by atoms with E-state index in [2.05, 4.69) is 32.2 Å². The lowest BCUT2D eigenvalue weighted by atomic mass is 10.1. The predicted molar refractivity (Wildman–Crippen MR) is 79.0 cm³/mol. The summed E-state index contributed by atoms with van der Waals surface area (Å²) < 4.78 is 0. The normalized spacial score (nSPS) is 27.6. The SMILES string of the molecule is Cc1cc(NN)nc(CN2CCC3CCC(C2)N3C)n1. The standard InChI is InChI=1S/C14H24N6/c1-10-7-13(18-15)17-14(16-10)9-20-6-5-11-3-4-12(8-20)19(11)2/h7,11-12H,3-6,8-9,15H2,1-2H3,(H,16,17,18). The first-order valence-electron chi connectivity index (χ1n) is 7.41. The molecule has 0 aromatic carbocycles. The van der Waals surface area contributed by atoms with E-state index in [0.717, 1.165) is 37.2 Å². The second-order valence-corrected chi connectivity index (χ2v) is 6.03. The quantitative estimate of drug-likeness (QED) is 0.627. The molecule has 2 atom stereocenters. The van der Waals surface area contributed by atoms with Crippen LogP contribution in [0.3, 0.4) is 0 Å². The fraction of sp³-hybridized carbons (Fsp3) is 0.714. The highest BCUT2D eigenvalue weighted by molar-refractivity contribution is 5.33. The number of fused-ring (bicyclic) bond motifs is 2. The molecule has 3 heterocycles. The number of hydrazine groups is 1. The molecule has 2 saturated heterocycles. The van der Waals surface area contributed by atoms with E-state index in [1.165, 1.54) is 19.3 Å². The summed E-state index contributed by atoms with van der Waals surface area (Å²) in [7, 11) is 2.27. The molecule has 1 aromatic heterocycles. The van der Waals surface area contributed by atoms with E-state index in [1.54, 1.807) is 0 Å². The van der Waals surface area contributed by atoms with Gasteiger partial charge in [0.25, 0.3) is 0 Å². The third kappa shape index (κ3) is 2.77. The van der Waals surface area contributed by atoms with Crippen LogP contribution in [0.4, 0.5) is 5.82 Å². The second kappa shape index (κ2) is 5.63. The molecule has 3 rings (SSSR count). The molecular formula is C14H24N6. The van der Waals surface area contributed by atoms with Crippen molar-refractivity contribution < 1.29 is 0 Å². The molecule has 2 unspecified atom stereocenters. The van der Waals surface area contributed by atoms with Gasteiger partial charge in [0.05, 0.1) is 6.54 Å². The molecule has 0 radical (unpaired) electrons. The van der Waals surface area contributed by atoms with Gasteiger partial charge in [-0.1, -0.05) is 0 Å². The Bertz CT molecular complexity index is 477. The summed E-state index contributed by atoms with van der Waals surface area (Å²) in [6.45, 7) is 5.04. The lowest BCUT2D eigenvalue weighted by Crippen LogP contribution is -2.36. The molecule has 0 aliphatic carbocycles. The minimum Gasteiger partial charge on any atom is -0.308 e. The molecular weight excluding hydrogens is 252 g/mol. The number of anilines is 1. The molecule has 0 spiro atoms. The Morgan fingerprint density at radius 1 is 1.30 bits per heavy atom. The van der Waals surface area contributed by atoms with Crippen molar-refractivity contribution in [2.24, 2.45) is 5.84 Å². The lowest BCUT2D eigenvalue weighted by Gasteiger charge is -2.25. The van der Waals surface area contributed by atoms with Crippen LogP contribution in [0.2, 0.25) is 0 Å². The molecule has 2 aliphatic rings. The van der Waals surface area contributed by atoms with Crippen LogP contribution in [-0.2, 0) is 6.54 Å². The zero-order valence-corrected chi connectivity index (χ0v) is 12.3. The Kier molecular flexibility index (Phi) is 3.87. The molecule has 0 amide bonds. The molecule has 2 fully saturated rings. The summed E-state index contributed by atoms with van der Waals surface area (Å²) >= 11 is 0. The zero-order chi connectivity index (χ0) is 14.1. The number of aromatic nitrogens is 2. The zero-order valence-electron chi connectivity index (χ0n) is 12.3. The predicted octanol–water partition coefficient (Wildman–Crippen LogP) is 0.739. The smallest absolute Gasteiger partial charge is 0.145 e. The molecule has 20 heavy (non-hydrogen) atoms. The Labute approximate surface area is 120 Å². The third-order valence-corrected chi connectivity index (χ3v) is 4.65. The first-order valence-corrected chi connectivity index (χ1v) is 7.41. The van der Waals surface area contributed by atoms with Gasteiger partial charge >= 0.3 is 0 Å². The summed E-state index contributed by atoms with van der Waals surface area (Å²) in [5.41, 5.74) is 3.57. The van der Waals surface area contributed by atoms with E-state index in [-0.39, 0.29) is 0 Å². The highest BCUT2D eigenvalue weighted by Crippen LogP contribution is 2.28. The van der Waals surface area contributed by atoms with E-state index in [0.29, 0.717) is 11.9 Å². The third-order valence-electron chi connectivity index (χ3n) is 4.65. The summed E-state index contributed by atoms with van der Waals surface area (Å²) in [5, 5.41) is 0. The Balaban J connectivity index is 1.70. The van der Waals surface area contributed by atoms with Gasteiger partial charge in [-0.15, -0.1) is 0 Å². The van der Waals surface area contributed by atoms with E-state index < -0.39 is 0 Å². The van der Waals surface area contributed by atoms with Crippen molar-refractivity contribution >= 4 is 5.82 Å². The Morgan fingerprint density at radius 3 is 2.90 bits per heavy atom. The van der Waals surface area contributed by atoms with Gasteiger partial charge in [0.2, 0.25) is 0 Å². The Hall–Kier alpha value is -1.24. The fourth-order valence-corrected chi connectivity index (χ4v) is 3.50. The first-order chi connectivity index (χ1) is 9.65. The van der Waals surface area contributed by atoms with Crippen LogP contribution in [0.1, 0.15) is 30.8 Å². The van der Waals surface area contributed by atoms with Crippen LogP contribution in [0.25, 0.3) is 0 Å². The lowest BCUT2D eigenvalue weighted by molar-refractivity contribution is 0.211. The molecule has 1 aromatic rings. The fourth-order valence-electron chi connectivity index (χ4n) is 3.50. The molecule has 110 valence electrons. The number of likely N-dealkylation sites (N-methyl/N-ethyl adjacent to an activating group) is 1. The van der Waals surface area contributed by atoms with E-state index in [9.17, 15) is 0 Å². The minimum absolute atomic E-state index is 0.694. The topological polar surface area (TPSA) is 70.3 Å². The molecule has 2 aliphatic heterocycles. The van der Waals surface area contributed by atoms with E-state index in [1.807, 2.05) is 13.0 Å². The summed E-state index contributed by atoms with van der Waals surface area (Å²) in [4.78, 5) is 14.0. The first kappa shape index (κ1) is 13.7. The second-order valence-electron chi connectivity index (χ2n) is 6.03. The van der Waals surface area contributed by atoms with Crippen molar-refractivity contribution in [1.82, 2.24) is 19.8 Å².